The van der Waals surface area contributed by atoms with Crippen LogP contribution in [-0.2, 0) is 6.54 Å². The highest BCUT2D eigenvalue weighted by molar-refractivity contribution is 5.79. The van der Waals surface area contributed by atoms with E-state index in [-0.39, 0.29) is 5.54 Å². The van der Waals surface area contributed by atoms with Crippen molar-refractivity contribution < 1.29 is 4.74 Å². The molecule has 2 N–H and O–H groups in total. The standard InChI is InChI=1S/C19H32N4O/c1-19(2,23(4)5)14-22-18(20-3)21-12-16-8-6-7-9-17(16)24-13-15-10-11-15/h6-9,15H,10-14H2,1-5H3,(H2,20,21,22). The molecule has 1 aromatic carbocycles. The van der Waals surface area contributed by atoms with Crippen molar-refractivity contribution in [1.82, 2.24) is 15.5 Å². The number of hydrogen-bond donors (Lipinski definition) is 2. The monoisotopic (exact) mass is 332 g/mol. The van der Waals surface area contributed by atoms with Gasteiger partial charge in [-0.1, -0.05) is 18.2 Å². The Balaban J connectivity index is 1.86. The van der Waals surface area contributed by atoms with Gasteiger partial charge < -0.3 is 20.3 Å². The van der Waals surface area contributed by atoms with Crippen molar-refractivity contribution in [3.05, 3.63) is 29.8 Å². The van der Waals surface area contributed by atoms with Crippen molar-refractivity contribution in [3.63, 3.8) is 0 Å². The normalized spacial score (nSPS) is 15.5. The molecule has 5 heteroatoms. The fraction of sp³-hybridized carbons (Fsp3) is 0.632. The minimum Gasteiger partial charge on any atom is -0.493 e. The molecule has 1 aliphatic rings. The minimum absolute atomic E-state index is 0.0584. The molecule has 0 unspecified atom stereocenters. The first-order chi connectivity index (χ1) is 11.4. The summed E-state index contributed by atoms with van der Waals surface area (Å²) in [5, 5.41) is 6.78. The highest BCUT2D eigenvalue weighted by atomic mass is 16.5. The van der Waals surface area contributed by atoms with E-state index in [2.05, 4.69) is 54.5 Å². The van der Waals surface area contributed by atoms with Gasteiger partial charge in [-0.05, 0) is 52.8 Å². The molecule has 0 amide bonds. The van der Waals surface area contributed by atoms with E-state index in [1.54, 1.807) is 7.05 Å². The Hall–Kier alpha value is -1.75. The highest BCUT2D eigenvalue weighted by Gasteiger charge is 2.22. The van der Waals surface area contributed by atoms with Crippen molar-refractivity contribution in [2.24, 2.45) is 10.9 Å². The number of benzene rings is 1. The summed E-state index contributed by atoms with van der Waals surface area (Å²) < 4.78 is 5.97. The van der Waals surface area contributed by atoms with E-state index >= 15 is 0 Å². The smallest absolute Gasteiger partial charge is 0.191 e. The van der Waals surface area contributed by atoms with Crippen molar-refractivity contribution in [2.45, 2.75) is 38.8 Å². The molecule has 1 saturated carbocycles. The number of nitrogens with zero attached hydrogens (tertiary/aromatic N) is 2. The Morgan fingerprint density at radius 3 is 2.58 bits per heavy atom. The lowest BCUT2D eigenvalue weighted by atomic mass is 10.0. The second-order valence-corrected chi connectivity index (χ2v) is 7.35. The van der Waals surface area contributed by atoms with Gasteiger partial charge >= 0.3 is 0 Å². The molecule has 0 atom stereocenters. The lowest BCUT2D eigenvalue weighted by Crippen LogP contribution is -2.50. The van der Waals surface area contributed by atoms with Crippen LogP contribution in [0, 0.1) is 5.92 Å². The molecule has 0 bridgehead atoms. The molecule has 134 valence electrons. The van der Waals surface area contributed by atoms with Gasteiger partial charge in [-0.2, -0.15) is 0 Å². The van der Waals surface area contributed by atoms with Crippen LogP contribution in [-0.4, -0.2) is 50.7 Å². The quantitative estimate of drug-likeness (QED) is 0.567. The van der Waals surface area contributed by atoms with Crippen molar-refractivity contribution >= 4 is 5.96 Å². The van der Waals surface area contributed by atoms with E-state index in [1.165, 1.54) is 12.8 Å². The number of rotatable bonds is 8. The van der Waals surface area contributed by atoms with Crippen LogP contribution < -0.4 is 15.4 Å². The molecule has 2 rings (SSSR count). The summed E-state index contributed by atoms with van der Waals surface area (Å²) in [4.78, 5) is 6.52. The van der Waals surface area contributed by atoms with Gasteiger partial charge in [0.2, 0.25) is 0 Å². The third-order valence-electron chi connectivity index (χ3n) is 4.71. The first kappa shape index (κ1) is 18.6. The summed E-state index contributed by atoms with van der Waals surface area (Å²) in [6.45, 7) is 6.76. The average molecular weight is 332 g/mol. The molecule has 5 nitrogen and oxygen atoms in total. The van der Waals surface area contributed by atoms with Crippen LogP contribution in [0.3, 0.4) is 0 Å². The summed E-state index contributed by atoms with van der Waals surface area (Å²) in [6, 6.07) is 8.22. The molecular weight excluding hydrogens is 300 g/mol. The van der Waals surface area contributed by atoms with Crippen LogP contribution in [0.2, 0.25) is 0 Å². The topological polar surface area (TPSA) is 48.9 Å². The van der Waals surface area contributed by atoms with Gasteiger partial charge in [0.15, 0.2) is 5.96 Å². The van der Waals surface area contributed by atoms with Crippen LogP contribution in [0.4, 0.5) is 0 Å². The van der Waals surface area contributed by atoms with Crippen LogP contribution in [0.5, 0.6) is 5.75 Å². The van der Waals surface area contributed by atoms with Gasteiger partial charge in [0, 0.05) is 31.2 Å². The minimum atomic E-state index is 0.0584. The van der Waals surface area contributed by atoms with E-state index in [1.807, 2.05) is 18.2 Å². The third kappa shape index (κ3) is 5.71. The van der Waals surface area contributed by atoms with E-state index in [4.69, 9.17) is 4.74 Å². The third-order valence-corrected chi connectivity index (χ3v) is 4.71. The Kier molecular flexibility index (Phi) is 6.49. The molecule has 0 saturated heterocycles. The summed E-state index contributed by atoms with van der Waals surface area (Å²) in [5.74, 6) is 2.54. The first-order valence-electron chi connectivity index (χ1n) is 8.75. The van der Waals surface area contributed by atoms with E-state index in [9.17, 15) is 0 Å². The van der Waals surface area contributed by atoms with Gasteiger partial charge in [0.05, 0.1) is 6.61 Å². The Morgan fingerprint density at radius 1 is 1.25 bits per heavy atom. The molecule has 0 aromatic heterocycles. The predicted octanol–water partition coefficient (Wildman–Crippen LogP) is 2.48. The lowest BCUT2D eigenvalue weighted by Gasteiger charge is -2.33. The molecular formula is C19H32N4O. The van der Waals surface area contributed by atoms with Crippen LogP contribution in [0.15, 0.2) is 29.3 Å². The van der Waals surface area contributed by atoms with Gasteiger partial charge in [0.25, 0.3) is 0 Å². The highest BCUT2D eigenvalue weighted by Crippen LogP contribution is 2.30. The fourth-order valence-electron chi connectivity index (χ4n) is 2.14. The molecule has 1 aromatic rings. The number of aliphatic imine (C=N–C) groups is 1. The molecule has 1 aliphatic carbocycles. The largest absolute Gasteiger partial charge is 0.493 e. The fourth-order valence-corrected chi connectivity index (χ4v) is 2.14. The molecule has 0 aliphatic heterocycles. The van der Waals surface area contributed by atoms with Gasteiger partial charge in [-0.3, -0.25) is 4.99 Å². The van der Waals surface area contributed by atoms with Gasteiger partial charge in [-0.15, -0.1) is 0 Å². The maximum absolute atomic E-state index is 5.97. The molecule has 1 fully saturated rings. The zero-order valence-corrected chi connectivity index (χ0v) is 15.7. The second kappa shape index (κ2) is 8.38. The zero-order chi connectivity index (χ0) is 17.6. The van der Waals surface area contributed by atoms with E-state index in [0.29, 0.717) is 6.54 Å². The summed E-state index contributed by atoms with van der Waals surface area (Å²) in [7, 11) is 5.98. The molecule has 0 heterocycles. The maximum Gasteiger partial charge on any atom is 0.191 e. The number of nitrogens with one attached hydrogen (secondary N) is 2. The van der Waals surface area contributed by atoms with Crippen LogP contribution in [0.1, 0.15) is 32.3 Å². The zero-order valence-electron chi connectivity index (χ0n) is 15.7. The SMILES string of the molecule is CN=C(NCc1ccccc1OCC1CC1)NCC(C)(C)N(C)C. The average Bonchev–Trinajstić information content (AvgIpc) is 3.38. The van der Waals surface area contributed by atoms with Crippen molar-refractivity contribution in [2.75, 3.05) is 34.3 Å². The Morgan fingerprint density at radius 2 is 1.96 bits per heavy atom. The number of likely N-dealkylation sites (N-methyl/N-ethyl adjacent to an activating group) is 1. The van der Waals surface area contributed by atoms with Gasteiger partial charge in [0.1, 0.15) is 5.75 Å². The maximum atomic E-state index is 5.97. The first-order valence-corrected chi connectivity index (χ1v) is 8.75. The summed E-state index contributed by atoms with van der Waals surface area (Å²) in [6.07, 6.45) is 2.61. The summed E-state index contributed by atoms with van der Waals surface area (Å²) in [5.41, 5.74) is 1.22. The van der Waals surface area contributed by atoms with Crippen molar-refractivity contribution in [3.8, 4) is 5.75 Å². The molecule has 0 spiro atoms. The number of hydrogen-bond acceptors (Lipinski definition) is 3. The number of guanidine groups is 1. The second-order valence-electron chi connectivity index (χ2n) is 7.35. The van der Waals surface area contributed by atoms with E-state index in [0.717, 1.165) is 36.3 Å². The van der Waals surface area contributed by atoms with Crippen LogP contribution in [0.25, 0.3) is 0 Å². The van der Waals surface area contributed by atoms with Gasteiger partial charge in [-0.25, -0.2) is 0 Å². The summed E-state index contributed by atoms with van der Waals surface area (Å²) >= 11 is 0. The number of para-hydroxylation sites is 1. The van der Waals surface area contributed by atoms with E-state index < -0.39 is 0 Å². The predicted molar refractivity (Wildman–Crippen MR) is 101 cm³/mol. The lowest BCUT2D eigenvalue weighted by molar-refractivity contribution is 0.197. The Bertz CT molecular complexity index is 550. The van der Waals surface area contributed by atoms with Crippen molar-refractivity contribution in [1.29, 1.82) is 0 Å². The molecule has 24 heavy (non-hydrogen) atoms. The molecule has 0 radical (unpaired) electrons. The number of ether oxygens (including phenoxy) is 1. The van der Waals surface area contributed by atoms with Crippen LogP contribution >= 0.6 is 0 Å². The Labute approximate surface area is 146 Å².